The van der Waals surface area contributed by atoms with Crippen LogP contribution in [0.15, 0.2) is 176 Å². The molecule has 1 N–H and O–H groups in total. The lowest BCUT2D eigenvalue weighted by Crippen LogP contribution is -2.24. The standard InChI is InChI=1S/C52H43N3.C2H6/c1-52(2)31-30-36-32-47(54(38-16-8-4-9-17-38)39-18-10-5-11-19-39)43-29-28-42-44(35-24-26-37(53-3)27-25-35)34-48(45-33-46(52)49(36)51(43)50(42)45)55(40-20-12-6-13-21-40)41-22-14-7-15-23-41;1-2/h4-29,32-34,53H,30-31H2,1-3H3;1-2H3. The molecule has 0 aliphatic heterocycles. The molecule has 0 fully saturated rings. The summed E-state index contributed by atoms with van der Waals surface area (Å²) in [6.45, 7) is 8.88. The Balaban J connectivity index is 0.00000208. The van der Waals surface area contributed by atoms with Gasteiger partial charge in [-0.15, -0.1) is 0 Å². The van der Waals surface area contributed by atoms with Crippen LogP contribution in [0.4, 0.5) is 39.8 Å². The van der Waals surface area contributed by atoms with Gasteiger partial charge in [-0.25, -0.2) is 0 Å². The Morgan fingerprint density at radius 3 is 1.44 bits per heavy atom. The van der Waals surface area contributed by atoms with E-state index in [0.29, 0.717) is 0 Å². The molecule has 3 nitrogen and oxygen atoms in total. The Morgan fingerprint density at radius 1 is 0.474 bits per heavy atom. The van der Waals surface area contributed by atoms with Crippen molar-refractivity contribution in [2.75, 3.05) is 22.2 Å². The number of rotatable bonds is 8. The van der Waals surface area contributed by atoms with Crippen molar-refractivity contribution in [3.8, 4) is 11.1 Å². The van der Waals surface area contributed by atoms with Gasteiger partial charge in [-0.2, -0.15) is 0 Å². The van der Waals surface area contributed by atoms with Crippen molar-refractivity contribution in [1.82, 2.24) is 0 Å². The SMILES string of the molecule is CC.CNc1ccc(-c2cc(N(c3ccccc3)c3ccccc3)c3cc4c5c(cc(N(c6ccccc6)c6ccccc6)c6ccc2c3c65)CCC4(C)C)cc1. The molecule has 1 aliphatic carbocycles. The van der Waals surface area contributed by atoms with Crippen LogP contribution in [0, 0.1) is 0 Å². The first kappa shape index (κ1) is 36.1. The topological polar surface area (TPSA) is 18.5 Å². The summed E-state index contributed by atoms with van der Waals surface area (Å²) >= 11 is 0. The van der Waals surface area contributed by atoms with Crippen molar-refractivity contribution < 1.29 is 0 Å². The fraction of sp³-hybridized carbons (Fsp3) is 0.148. The molecule has 0 amide bonds. The van der Waals surface area contributed by atoms with Crippen LogP contribution in [-0.2, 0) is 11.8 Å². The summed E-state index contributed by atoms with van der Waals surface area (Å²) in [5, 5.41) is 11.2. The molecule has 0 saturated heterocycles. The van der Waals surface area contributed by atoms with Crippen LogP contribution in [0.2, 0.25) is 0 Å². The first-order chi connectivity index (χ1) is 28.0. The fourth-order valence-corrected chi connectivity index (χ4v) is 9.05. The highest BCUT2D eigenvalue weighted by Crippen LogP contribution is 2.54. The molecular formula is C54H49N3. The van der Waals surface area contributed by atoms with Gasteiger partial charge >= 0.3 is 0 Å². The average Bonchev–Trinajstić information content (AvgIpc) is 3.27. The van der Waals surface area contributed by atoms with Crippen LogP contribution < -0.4 is 15.1 Å². The molecule has 0 saturated carbocycles. The molecule has 0 unspecified atom stereocenters. The van der Waals surface area contributed by atoms with Crippen LogP contribution in [-0.4, -0.2) is 7.05 Å². The lowest BCUT2D eigenvalue weighted by atomic mass is 9.70. The van der Waals surface area contributed by atoms with Gasteiger partial charge in [0.2, 0.25) is 0 Å². The minimum atomic E-state index is 0.00307. The molecular weight excluding hydrogens is 691 g/mol. The molecule has 0 heterocycles. The van der Waals surface area contributed by atoms with Crippen molar-refractivity contribution in [2.45, 2.75) is 46.0 Å². The minimum absolute atomic E-state index is 0.00307. The van der Waals surface area contributed by atoms with Crippen LogP contribution in [0.1, 0.15) is 45.2 Å². The molecule has 3 heteroatoms. The summed E-state index contributed by atoms with van der Waals surface area (Å²) < 4.78 is 0. The number of nitrogens with one attached hydrogen (secondary N) is 1. The number of hydrogen-bond acceptors (Lipinski definition) is 3. The molecule has 9 aromatic carbocycles. The molecule has 280 valence electrons. The molecule has 0 radical (unpaired) electrons. The van der Waals surface area contributed by atoms with E-state index >= 15 is 0 Å². The normalized spacial score (nSPS) is 13.0. The molecule has 10 rings (SSSR count). The first-order valence-electron chi connectivity index (χ1n) is 20.4. The van der Waals surface area contributed by atoms with Crippen molar-refractivity contribution in [3.63, 3.8) is 0 Å². The molecule has 1 aliphatic rings. The van der Waals surface area contributed by atoms with E-state index in [0.717, 1.165) is 41.3 Å². The second-order valence-electron chi connectivity index (χ2n) is 15.5. The highest BCUT2D eigenvalue weighted by atomic mass is 15.1. The van der Waals surface area contributed by atoms with Gasteiger partial charge in [0.05, 0.1) is 11.4 Å². The Kier molecular flexibility index (Phi) is 9.38. The van der Waals surface area contributed by atoms with Gasteiger partial charge < -0.3 is 15.1 Å². The van der Waals surface area contributed by atoms with E-state index < -0.39 is 0 Å². The van der Waals surface area contributed by atoms with E-state index in [-0.39, 0.29) is 5.41 Å². The Labute approximate surface area is 337 Å². The van der Waals surface area contributed by atoms with Crippen LogP contribution >= 0.6 is 0 Å². The zero-order valence-electron chi connectivity index (χ0n) is 33.6. The van der Waals surface area contributed by atoms with Gasteiger partial charge in [-0.1, -0.05) is 125 Å². The van der Waals surface area contributed by atoms with E-state index in [2.05, 4.69) is 205 Å². The predicted molar refractivity (Wildman–Crippen MR) is 247 cm³/mol. The zero-order valence-corrected chi connectivity index (χ0v) is 33.6. The zero-order chi connectivity index (χ0) is 39.1. The molecule has 0 bridgehead atoms. The third-order valence-corrected chi connectivity index (χ3v) is 11.8. The summed E-state index contributed by atoms with van der Waals surface area (Å²) in [5.74, 6) is 0. The van der Waals surface area contributed by atoms with Crippen molar-refractivity contribution in [3.05, 3.63) is 187 Å². The van der Waals surface area contributed by atoms with Gasteiger partial charge in [-0.05, 0) is 130 Å². The van der Waals surface area contributed by atoms with Gasteiger partial charge in [-0.3, -0.25) is 0 Å². The minimum Gasteiger partial charge on any atom is -0.388 e. The molecule has 0 spiro atoms. The van der Waals surface area contributed by atoms with Crippen LogP contribution in [0.3, 0.4) is 0 Å². The van der Waals surface area contributed by atoms with Crippen molar-refractivity contribution in [1.29, 1.82) is 0 Å². The summed E-state index contributed by atoms with van der Waals surface area (Å²) in [7, 11) is 1.98. The lowest BCUT2D eigenvalue weighted by molar-refractivity contribution is 0.475. The van der Waals surface area contributed by atoms with Gasteiger partial charge in [0, 0.05) is 57.0 Å². The van der Waals surface area contributed by atoms with E-state index in [4.69, 9.17) is 0 Å². The van der Waals surface area contributed by atoms with Crippen molar-refractivity contribution in [2.24, 2.45) is 0 Å². The highest BCUT2D eigenvalue weighted by Gasteiger charge is 2.33. The van der Waals surface area contributed by atoms with Gasteiger partial charge in [0.1, 0.15) is 0 Å². The lowest BCUT2D eigenvalue weighted by Gasteiger charge is -2.37. The molecule has 57 heavy (non-hydrogen) atoms. The predicted octanol–water partition coefficient (Wildman–Crippen LogP) is 15.5. The highest BCUT2D eigenvalue weighted by molar-refractivity contribution is 6.32. The van der Waals surface area contributed by atoms with Gasteiger partial charge in [0.25, 0.3) is 0 Å². The fourth-order valence-electron chi connectivity index (χ4n) is 9.05. The molecule has 9 aromatic rings. The number of aryl methyl sites for hydroxylation is 1. The maximum absolute atomic E-state index is 3.32. The first-order valence-corrected chi connectivity index (χ1v) is 20.4. The van der Waals surface area contributed by atoms with Crippen molar-refractivity contribution >= 4 is 72.1 Å². The Bertz CT molecular complexity index is 2710. The summed E-state index contributed by atoms with van der Waals surface area (Å²) in [6, 6.07) is 64.6. The summed E-state index contributed by atoms with van der Waals surface area (Å²) in [5.41, 5.74) is 13.4. The monoisotopic (exact) mass is 739 g/mol. The average molecular weight is 740 g/mol. The second-order valence-corrected chi connectivity index (χ2v) is 15.5. The van der Waals surface area contributed by atoms with E-state index in [9.17, 15) is 0 Å². The van der Waals surface area contributed by atoms with E-state index in [1.165, 1.54) is 65.9 Å². The number of benzene rings is 9. The number of para-hydroxylation sites is 4. The summed E-state index contributed by atoms with van der Waals surface area (Å²) in [6.07, 6.45) is 2.12. The summed E-state index contributed by atoms with van der Waals surface area (Å²) in [4.78, 5) is 4.92. The maximum Gasteiger partial charge on any atom is 0.0546 e. The molecule has 0 aromatic heterocycles. The quantitative estimate of drug-likeness (QED) is 0.157. The van der Waals surface area contributed by atoms with E-state index in [1.807, 2.05) is 20.9 Å². The van der Waals surface area contributed by atoms with Crippen LogP contribution in [0.5, 0.6) is 0 Å². The smallest absolute Gasteiger partial charge is 0.0546 e. The van der Waals surface area contributed by atoms with E-state index in [1.54, 1.807) is 0 Å². The largest absolute Gasteiger partial charge is 0.388 e. The maximum atomic E-state index is 3.32. The number of nitrogens with zero attached hydrogens (tertiary/aromatic N) is 2. The van der Waals surface area contributed by atoms with Gasteiger partial charge in [0.15, 0.2) is 0 Å². The molecule has 0 atom stereocenters. The third kappa shape index (κ3) is 6.15. The number of hydrogen-bond donors (Lipinski definition) is 1. The third-order valence-electron chi connectivity index (χ3n) is 11.8. The van der Waals surface area contributed by atoms with Crippen LogP contribution in [0.25, 0.3) is 43.4 Å². The Morgan fingerprint density at radius 2 is 0.947 bits per heavy atom. The number of anilines is 7. The second kappa shape index (κ2) is 14.8. The Hall–Kier alpha value is -6.58.